The van der Waals surface area contributed by atoms with Crippen LogP contribution in [0.15, 0.2) is 0 Å². The molecule has 7 rings (SSSR count). The molecule has 0 aromatic heterocycles. The highest BCUT2D eigenvalue weighted by Gasteiger charge is 2.70. The lowest BCUT2D eigenvalue weighted by Gasteiger charge is -2.52. The molecule has 1 N–H and O–H groups in total. The first-order valence-electron chi connectivity index (χ1n) is 16.1. The van der Waals surface area contributed by atoms with Crippen molar-refractivity contribution < 1.29 is 29.0 Å². The van der Waals surface area contributed by atoms with Crippen LogP contribution in [0.5, 0.6) is 0 Å². The van der Waals surface area contributed by atoms with Gasteiger partial charge in [0.1, 0.15) is 0 Å². The first-order chi connectivity index (χ1) is 18.6. The zero-order valence-electron chi connectivity index (χ0n) is 24.5. The standard InChI is InChI=1S/C33H48O6/c1-12-13(2)20-9-19(12)16(5)25(20)27-18-7-23(24(8-18)32(36)38-11-34)30(27)29-22-10-21(14(3)15(22)4)28(29)26-17(6)31(35)39-33(26)37/h12-30,34H,7-11H2,1-6H3. The second-order valence-corrected chi connectivity index (χ2v) is 15.5. The van der Waals surface area contributed by atoms with Gasteiger partial charge in [-0.25, -0.2) is 0 Å². The van der Waals surface area contributed by atoms with E-state index in [0.717, 1.165) is 42.9 Å². The number of hydrogen-bond donors (Lipinski definition) is 1. The van der Waals surface area contributed by atoms with E-state index >= 15 is 0 Å². The quantitative estimate of drug-likeness (QED) is 0.299. The molecule has 19 atom stereocenters. The number of rotatable bonds is 5. The molecule has 19 unspecified atom stereocenters. The zero-order chi connectivity index (χ0) is 27.7. The van der Waals surface area contributed by atoms with E-state index in [2.05, 4.69) is 34.6 Å². The van der Waals surface area contributed by atoms with E-state index in [0.29, 0.717) is 59.2 Å². The Hall–Kier alpha value is -1.43. The van der Waals surface area contributed by atoms with Gasteiger partial charge in [-0.15, -0.1) is 0 Å². The van der Waals surface area contributed by atoms with Crippen LogP contribution in [-0.2, 0) is 23.9 Å². The highest BCUT2D eigenvalue weighted by molar-refractivity contribution is 5.96. The lowest BCUT2D eigenvalue weighted by atomic mass is 9.51. The van der Waals surface area contributed by atoms with Crippen LogP contribution in [-0.4, -0.2) is 29.8 Å². The van der Waals surface area contributed by atoms with Crippen molar-refractivity contribution >= 4 is 17.9 Å². The van der Waals surface area contributed by atoms with Crippen LogP contribution in [0.2, 0.25) is 0 Å². The van der Waals surface area contributed by atoms with Crippen molar-refractivity contribution in [2.24, 2.45) is 112 Å². The van der Waals surface area contributed by atoms with Gasteiger partial charge in [-0.1, -0.05) is 41.5 Å². The fourth-order valence-corrected chi connectivity index (χ4v) is 13.3. The lowest BCUT2D eigenvalue weighted by molar-refractivity contribution is -0.163. The van der Waals surface area contributed by atoms with Crippen molar-refractivity contribution in [1.82, 2.24) is 0 Å². The summed E-state index contributed by atoms with van der Waals surface area (Å²) in [4.78, 5) is 39.0. The Bertz CT molecular complexity index is 1050. The predicted molar refractivity (Wildman–Crippen MR) is 143 cm³/mol. The third-order valence-corrected chi connectivity index (χ3v) is 15.0. The Morgan fingerprint density at radius 2 is 1.26 bits per heavy atom. The molecule has 0 aromatic rings. The molecular weight excluding hydrogens is 492 g/mol. The number of fused-ring (bicyclic) bond motifs is 6. The number of cyclic esters (lactones) is 2. The number of ether oxygens (including phenoxy) is 2. The van der Waals surface area contributed by atoms with Crippen LogP contribution < -0.4 is 0 Å². The molecule has 0 aromatic carbocycles. The molecule has 1 saturated heterocycles. The van der Waals surface area contributed by atoms with Gasteiger partial charge < -0.3 is 14.6 Å². The van der Waals surface area contributed by atoms with Crippen molar-refractivity contribution in [1.29, 1.82) is 0 Å². The SMILES string of the molecule is CC1C(=O)OC(=O)C1C1C2CC(C(C)C2C)C1C1C2CC(CC2C(=O)OCO)C1C1C(C)C2CC1C(C)C2C. The van der Waals surface area contributed by atoms with Crippen molar-refractivity contribution in [2.45, 2.75) is 67.2 Å². The molecule has 6 nitrogen and oxygen atoms in total. The second kappa shape index (κ2) is 9.03. The maximum atomic E-state index is 13.3. The number of hydrogen-bond acceptors (Lipinski definition) is 6. The Morgan fingerprint density at radius 1 is 0.692 bits per heavy atom. The molecule has 6 aliphatic carbocycles. The smallest absolute Gasteiger partial charge is 0.317 e. The maximum absolute atomic E-state index is 13.3. The number of carbonyl (C=O) groups is 3. The van der Waals surface area contributed by atoms with Crippen molar-refractivity contribution in [3.63, 3.8) is 0 Å². The minimum absolute atomic E-state index is 0.154. The highest BCUT2D eigenvalue weighted by atomic mass is 16.6. The van der Waals surface area contributed by atoms with Gasteiger partial charge in [-0.2, -0.15) is 0 Å². The van der Waals surface area contributed by atoms with Crippen LogP contribution in [0.25, 0.3) is 0 Å². The topological polar surface area (TPSA) is 89.9 Å². The van der Waals surface area contributed by atoms with Gasteiger partial charge in [0.2, 0.25) is 0 Å². The normalized spacial score (nSPS) is 59.0. The monoisotopic (exact) mass is 540 g/mol. The maximum Gasteiger partial charge on any atom is 0.317 e. The molecule has 7 aliphatic rings. The molecule has 0 radical (unpaired) electrons. The number of aliphatic hydroxyl groups excluding tert-OH is 1. The average Bonchev–Trinajstić information content (AvgIpc) is 3.74. The van der Waals surface area contributed by atoms with E-state index in [4.69, 9.17) is 9.47 Å². The van der Waals surface area contributed by atoms with E-state index in [1.807, 2.05) is 6.92 Å². The van der Waals surface area contributed by atoms with Gasteiger partial charge in [0.25, 0.3) is 0 Å². The molecule has 6 bridgehead atoms. The number of esters is 3. The van der Waals surface area contributed by atoms with E-state index in [1.54, 1.807) is 0 Å². The summed E-state index contributed by atoms with van der Waals surface area (Å²) in [6, 6.07) is 0. The van der Waals surface area contributed by atoms with E-state index in [1.165, 1.54) is 6.42 Å². The highest BCUT2D eigenvalue weighted by Crippen LogP contribution is 2.73. The summed E-state index contributed by atoms with van der Waals surface area (Å²) in [5.41, 5.74) is 0. The third-order valence-electron chi connectivity index (χ3n) is 15.0. The lowest BCUT2D eigenvalue weighted by Crippen LogP contribution is -2.50. The molecule has 0 spiro atoms. The summed E-state index contributed by atoms with van der Waals surface area (Å²) < 4.78 is 10.5. The van der Waals surface area contributed by atoms with Gasteiger partial charge in [0.15, 0.2) is 6.79 Å². The van der Waals surface area contributed by atoms with E-state index in [9.17, 15) is 19.5 Å². The molecule has 7 fully saturated rings. The van der Waals surface area contributed by atoms with Gasteiger partial charge in [-0.05, 0) is 120 Å². The Morgan fingerprint density at radius 3 is 1.85 bits per heavy atom. The van der Waals surface area contributed by atoms with Gasteiger partial charge in [0, 0.05) is 0 Å². The molecule has 1 aliphatic heterocycles. The largest absolute Gasteiger partial charge is 0.438 e. The number of aliphatic hydroxyl groups is 1. The number of carbonyl (C=O) groups excluding carboxylic acids is 3. The van der Waals surface area contributed by atoms with Gasteiger partial charge >= 0.3 is 17.9 Å². The van der Waals surface area contributed by atoms with Gasteiger partial charge in [-0.3, -0.25) is 14.4 Å². The molecule has 0 amide bonds. The molecule has 6 heteroatoms. The van der Waals surface area contributed by atoms with E-state index in [-0.39, 0.29) is 47.5 Å². The fraction of sp³-hybridized carbons (Fsp3) is 0.909. The van der Waals surface area contributed by atoms with Crippen LogP contribution in [0.4, 0.5) is 0 Å². The van der Waals surface area contributed by atoms with Crippen molar-refractivity contribution in [2.75, 3.05) is 6.79 Å². The minimum atomic E-state index is -0.557. The summed E-state index contributed by atoms with van der Waals surface area (Å²) in [5.74, 6) is 6.91. The molecule has 1 heterocycles. The van der Waals surface area contributed by atoms with Crippen LogP contribution >= 0.6 is 0 Å². The Labute approximate surface area is 233 Å². The van der Waals surface area contributed by atoms with Crippen LogP contribution in [0.1, 0.15) is 67.2 Å². The summed E-state index contributed by atoms with van der Waals surface area (Å²) in [6.07, 6.45) is 4.43. The molecule has 216 valence electrons. The summed E-state index contributed by atoms with van der Waals surface area (Å²) in [7, 11) is 0. The van der Waals surface area contributed by atoms with Crippen molar-refractivity contribution in [3.05, 3.63) is 0 Å². The van der Waals surface area contributed by atoms with E-state index < -0.39 is 6.79 Å². The Balaban J connectivity index is 1.31. The molecular formula is C33H48O6. The summed E-state index contributed by atoms with van der Waals surface area (Å²) >= 11 is 0. The predicted octanol–water partition coefficient (Wildman–Crippen LogP) is 5.03. The first-order valence-corrected chi connectivity index (χ1v) is 16.1. The zero-order valence-corrected chi connectivity index (χ0v) is 24.5. The minimum Gasteiger partial charge on any atom is -0.438 e. The second-order valence-electron chi connectivity index (χ2n) is 15.5. The van der Waals surface area contributed by atoms with Crippen LogP contribution in [0.3, 0.4) is 0 Å². The van der Waals surface area contributed by atoms with Crippen molar-refractivity contribution in [3.8, 4) is 0 Å². The third kappa shape index (κ3) is 3.39. The van der Waals surface area contributed by atoms with Gasteiger partial charge in [0.05, 0.1) is 17.8 Å². The average molecular weight is 541 g/mol. The Kier molecular flexibility index (Phi) is 6.13. The molecule has 6 saturated carbocycles. The summed E-state index contributed by atoms with van der Waals surface area (Å²) in [6.45, 7) is 13.5. The van der Waals surface area contributed by atoms with Crippen LogP contribution in [0, 0.1) is 112 Å². The molecule has 39 heavy (non-hydrogen) atoms. The fourth-order valence-electron chi connectivity index (χ4n) is 13.3. The summed E-state index contributed by atoms with van der Waals surface area (Å²) in [5, 5.41) is 9.42. The first kappa shape index (κ1) is 26.5.